The molecule has 10 heteroatoms. The van der Waals surface area contributed by atoms with Crippen molar-refractivity contribution in [2.45, 2.75) is 30.9 Å². The van der Waals surface area contributed by atoms with Crippen molar-refractivity contribution in [3.63, 3.8) is 0 Å². The van der Waals surface area contributed by atoms with Gasteiger partial charge in [0.2, 0.25) is 5.91 Å². The van der Waals surface area contributed by atoms with E-state index in [-0.39, 0.29) is 22.9 Å². The van der Waals surface area contributed by atoms with Crippen LogP contribution < -0.4 is 16.0 Å². The minimum absolute atomic E-state index is 0.152. The molecule has 0 saturated carbocycles. The molecule has 0 aliphatic carbocycles. The number of rotatable bonds is 10. The van der Waals surface area contributed by atoms with Crippen molar-refractivity contribution in [1.82, 2.24) is 5.32 Å². The molecule has 9 nitrogen and oxygen atoms in total. The number of amides is 3. The molecular weight excluding hydrogens is 564 g/mol. The van der Waals surface area contributed by atoms with Gasteiger partial charge in [-0.3, -0.25) is 24.5 Å². The van der Waals surface area contributed by atoms with Crippen LogP contribution in [0.4, 0.5) is 17.1 Å². The fraction of sp³-hybridized carbons (Fsp3) is 0.121. The molecule has 1 unspecified atom stereocenters. The van der Waals surface area contributed by atoms with Gasteiger partial charge in [0, 0.05) is 27.9 Å². The maximum absolute atomic E-state index is 13.4. The van der Waals surface area contributed by atoms with Crippen LogP contribution >= 0.6 is 11.8 Å². The van der Waals surface area contributed by atoms with Crippen molar-refractivity contribution in [1.29, 1.82) is 0 Å². The maximum Gasteiger partial charge on any atom is 0.276 e. The highest BCUT2D eigenvalue weighted by Gasteiger charge is 2.19. The van der Waals surface area contributed by atoms with Crippen molar-refractivity contribution in [3.8, 4) is 0 Å². The zero-order valence-electron chi connectivity index (χ0n) is 23.8. The van der Waals surface area contributed by atoms with E-state index in [0.29, 0.717) is 11.3 Å². The fourth-order valence-corrected chi connectivity index (χ4v) is 5.09. The molecule has 1 atom stereocenters. The standard InChI is InChI=1S/C33H30N4O5S/c1-21-16-17-28(22(2)18-21)35-31(38)23(3)43-27-14-9-13-26(20-27)34-33(40)29(36-32(39)24-10-5-4-6-11-24)19-25-12-7-8-15-30(25)37(41)42/h4-20,23H,1-3H3,(H,34,40)(H,35,38)(H,36,39)/b29-19+. The predicted molar refractivity (Wildman–Crippen MR) is 170 cm³/mol. The quantitative estimate of drug-likeness (QED) is 0.0807. The summed E-state index contributed by atoms with van der Waals surface area (Å²) in [7, 11) is 0. The van der Waals surface area contributed by atoms with Crippen LogP contribution in [0.25, 0.3) is 6.08 Å². The topological polar surface area (TPSA) is 130 Å². The van der Waals surface area contributed by atoms with Gasteiger partial charge in [0.05, 0.1) is 15.7 Å². The molecule has 0 aliphatic rings. The smallest absolute Gasteiger partial charge is 0.276 e. The first-order chi connectivity index (χ1) is 20.6. The summed E-state index contributed by atoms with van der Waals surface area (Å²) in [6.07, 6.45) is 1.27. The second-order valence-corrected chi connectivity index (χ2v) is 11.2. The van der Waals surface area contributed by atoms with Gasteiger partial charge < -0.3 is 16.0 Å². The van der Waals surface area contributed by atoms with Crippen LogP contribution in [0.3, 0.4) is 0 Å². The Hall–Kier alpha value is -5.22. The number of thioether (sulfide) groups is 1. The molecule has 3 N–H and O–H groups in total. The van der Waals surface area contributed by atoms with Crippen molar-refractivity contribution in [3.05, 3.63) is 135 Å². The lowest BCUT2D eigenvalue weighted by atomic mass is 10.1. The Morgan fingerprint density at radius 1 is 0.860 bits per heavy atom. The average molecular weight is 595 g/mol. The molecule has 0 spiro atoms. The monoisotopic (exact) mass is 594 g/mol. The van der Waals surface area contributed by atoms with Crippen LogP contribution in [0.1, 0.15) is 34.0 Å². The highest BCUT2D eigenvalue weighted by atomic mass is 32.2. The first-order valence-corrected chi connectivity index (χ1v) is 14.3. The molecule has 0 aromatic heterocycles. The molecule has 0 aliphatic heterocycles. The molecule has 218 valence electrons. The predicted octanol–water partition coefficient (Wildman–Crippen LogP) is 6.74. The van der Waals surface area contributed by atoms with E-state index < -0.39 is 22.0 Å². The molecule has 3 amide bonds. The fourth-order valence-electron chi connectivity index (χ4n) is 4.17. The summed E-state index contributed by atoms with van der Waals surface area (Å²) in [5.74, 6) is -1.39. The number of nitrogens with zero attached hydrogens (tertiary/aromatic N) is 1. The summed E-state index contributed by atoms with van der Waals surface area (Å²) in [4.78, 5) is 51.0. The lowest BCUT2D eigenvalue weighted by Crippen LogP contribution is -2.30. The van der Waals surface area contributed by atoms with E-state index in [1.165, 1.54) is 36.0 Å². The number of nitro benzene ring substituents is 1. The number of hydrogen-bond donors (Lipinski definition) is 3. The van der Waals surface area contributed by atoms with Crippen molar-refractivity contribution in [2.24, 2.45) is 0 Å². The van der Waals surface area contributed by atoms with Crippen molar-refractivity contribution in [2.75, 3.05) is 10.6 Å². The third kappa shape index (κ3) is 8.40. The lowest BCUT2D eigenvalue weighted by molar-refractivity contribution is -0.385. The normalized spacial score (nSPS) is 11.7. The summed E-state index contributed by atoms with van der Waals surface area (Å²) in [6.45, 7) is 5.72. The van der Waals surface area contributed by atoms with E-state index >= 15 is 0 Å². The molecule has 0 heterocycles. The van der Waals surface area contributed by atoms with Gasteiger partial charge in [0.1, 0.15) is 5.70 Å². The van der Waals surface area contributed by atoms with Crippen molar-refractivity contribution >= 4 is 52.6 Å². The number of carbonyl (C=O) groups excluding carboxylic acids is 3. The molecule has 0 bridgehead atoms. The number of carbonyl (C=O) groups is 3. The average Bonchev–Trinajstić information content (AvgIpc) is 2.99. The van der Waals surface area contributed by atoms with E-state index in [2.05, 4.69) is 16.0 Å². The van der Waals surface area contributed by atoms with E-state index in [4.69, 9.17) is 0 Å². The summed E-state index contributed by atoms with van der Waals surface area (Å²) in [5, 5.41) is 19.4. The van der Waals surface area contributed by atoms with E-state index in [9.17, 15) is 24.5 Å². The number of hydrogen-bond acceptors (Lipinski definition) is 6. The zero-order valence-corrected chi connectivity index (χ0v) is 24.6. The van der Waals surface area contributed by atoms with Crippen LogP contribution in [0, 0.1) is 24.0 Å². The first-order valence-electron chi connectivity index (χ1n) is 13.4. The van der Waals surface area contributed by atoms with Gasteiger partial charge in [-0.15, -0.1) is 11.8 Å². The lowest BCUT2D eigenvalue weighted by Gasteiger charge is -2.15. The van der Waals surface area contributed by atoms with Crippen molar-refractivity contribution < 1.29 is 19.3 Å². The molecule has 4 aromatic rings. The molecule has 4 rings (SSSR count). The highest BCUT2D eigenvalue weighted by molar-refractivity contribution is 8.00. The summed E-state index contributed by atoms with van der Waals surface area (Å²) >= 11 is 1.32. The number of nitro groups is 1. The van der Waals surface area contributed by atoms with Crippen LogP contribution in [-0.4, -0.2) is 27.9 Å². The van der Waals surface area contributed by atoms with Crippen LogP contribution in [0.5, 0.6) is 0 Å². The zero-order chi connectivity index (χ0) is 30.9. The molecular formula is C33H30N4O5S. The van der Waals surface area contributed by atoms with Gasteiger partial charge in [-0.25, -0.2) is 0 Å². The number of aryl methyl sites for hydroxylation is 2. The molecule has 0 fully saturated rings. The van der Waals surface area contributed by atoms with E-state index in [1.54, 1.807) is 61.5 Å². The van der Waals surface area contributed by atoms with E-state index in [1.807, 2.05) is 38.1 Å². The minimum atomic E-state index is -0.676. The number of anilines is 2. The maximum atomic E-state index is 13.4. The first kappa shape index (κ1) is 30.7. The number of nitrogens with one attached hydrogen (secondary N) is 3. The van der Waals surface area contributed by atoms with Gasteiger partial charge in [0.25, 0.3) is 17.5 Å². The number of benzene rings is 4. The van der Waals surface area contributed by atoms with Gasteiger partial charge in [0.15, 0.2) is 0 Å². The third-order valence-corrected chi connectivity index (χ3v) is 7.47. The highest BCUT2D eigenvalue weighted by Crippen LogP contribution is 2.28. The molecule has 0 radical (unpaired) electrons. The Balaban J connectivity index is 1.52. The molecule has 43 heavy (non-hydrogen) atoms. The van der Waals surface area contributed by atoms with Gasteiger partial charge in [-0.1, -0.05) is 54.1 Å². The summed E-state index contributed by atoms with van der Waals surface area (Å²) in [5.41, 5.74) is 3.32. The van der Waals surface area contributed by atoms with Gasteiger partial charge >= 0.3 is 0 Å². The second kappa shape index (κ2) is 14.1. The van der Waals surface area contributed by atoms with Gasteiger partial charge in [-0.05, 0) is 74.9 Å². The Bertz CT molecular complexity index is 1700. The van der Waals surface area contributed by atoms with Crippen LogP contribution in [-0.2, 0) is 9.59 Å². The molecule has 0 saturated heterocycles. The Morgan fingerprint density at radius 2 is 1.58 bits per heavy atom. The molecule has 4 aromatic carbocycles. The van der Waals surface area contributed by atoms with Crippen LogP contribution in [0.15, 0.2) is 108 Å². The third-order valence-electron chi connectivity index (χ3n) is 6.38. The van der Waals surface area contributed by atoms with Gasteiger partial charge in [-0.2, -0.15) is 0 Å². The Labute approximate surface area is 253 Å². The summed E-state index contributed by atoms with van der Waals surface area (Å²) < 4.78 is 0. The largest absolute Gasteiger partial charge is 0.325 e. The van der Waals surface area contributed by atoms with Crippen LogP contribution in [0.2, 0.25) is 0 Å². The Morgan fingerprint density at radius 3 is 2.30 bits per heavy atom. The minimum Gasteiger partial charge on any atom is -0.325 e. The van der Waals surface area contributed by atoms with E-state index in [0.717, 1.165) is 21.7 Å². The Kier molecular flexibility index (Phi) is 10.1. The number of para-hydroxylation sites is 1. The summed E-state index contributed by atoms with van der Waals surface area (Å²) in [6, 6.07) is 27.0. The second-order valence-electron chi connectivity index (χ2n) is 9.74. The SMILES string of the molecule is Cc1ccc(NC(=O)C(C)Sc2cccc(NC(=O)/C(=C\c3ccccc3[N+](=O)[O-])NC(=O)c3ccccc3)c2)c(C)c1.